The maximum atomic E-state index is 12.0. The van der Waals surface area contributed by atoms with Crippen LogP contribution in [0, 0.1) is 0 Å². The molecule has 20 heavy (non-hydrogen) atoms. The number of carbonyl (C=O) groups is 2. The Morgan fingerprint density at radius 3 is 2.55 bits per heavy atom. The Morgan fingerprint density at radius 2 is 1.75 bits per heavy atom. The minimum Gasteiger partial charge on any atom is -0.466 e. The van der Waals surface area contributed by atoms with Crippen LogP contribution in [0.4, 0.5) is 0 Å². The van der Waals surface area contributed by atoms with E-state index in [-0.39, 0.29) is 24.6 Å². The SMILES string of the molecule is CCOC(=O)CCC(=O)Cc1cccc2ccccc12. The fraction of sp³-hybridized carbons (Fsp3) is 0.294. The molecular formula is C17H18O3. The van der Waals surface area contributed by atoms with E-state index in [0.717, 1.165) is 16.3 Å². The monoisotopic (exact) mass is 270 g/mol. The second kappa shape index (κ2) is 6.85. The van der Waals surface area contributed by atoms with Crippen molar-refractivity contribution in [1.82, 2.24) is 0 Å². The van der Waals surface area contributed by atoms with Gasteiger partial charge >= 0.3 is 5.97 Å². The molecule has 0 saturated carbocycles. The minimum absolute atomic E-state index is 0.0643. The number of fused-ring (bicyclic) bond motifs is 1. The van der Waals surface area contributed by atoms with Crippen LogP contribution in [0.5, 0.6) is 0 Å². The minimum atomic E-state index is -0.307. The number of rotatable bonds is 6. The first-order valence-electron chi connectivity index (χ1n) is 6.84. The Hall–Kier alpha value is -2.16. The Kier molecular flexibility index (Phi) is 4.88. The summed E-state index contributed by atoms with van der Waals surface area (Å²) in [5.41, 5.74) is 1.01. The van der Waals surface area contributed by atoms with Crippen LogP contribution in [0.3, 0.4) is 0 Å². The summed E-state index contributed by atoms with van der Waals surface area (Å²) in [6, 6.07) is 13.9. The standard InChI is InChI=1S/C17H18O3/c1-2-20-17(19)11-10-15(18)12-14-8-5-7-13-6-3-4-9-16(13)14/h3-9H,2,10-12H2,1H3. The van der Waals surface area contributed by atoms with E-state index in [0.29, 0.717) is 13.0 Å². The molecule has 0 aliphatic rings. The average Bonchev–Trinajstić information content (AvgIpc) is 2.46. The van der Waals surface area contributed by atoms with Gasteiger partial charge in [0.05, 0.1) is 13.0 Å². The molecule has 0 bridgehead atoms. The van der Waals surface area contributed by atoms with Crippen LogP contribution in [0.15, 0.2) is 42.5 Å². The molecule has 0 N–H and O–H groups in total. The molecule has 2 aromatic rings. The van der Waals surface area contributed by atoms with Gasteiger partial charge in [0.25, 0.3) is 0 Å². The van der Waals surface area contributed by atoms with E-state index in [1.54, 1.807) is 6.92 Å². The van der Waals surface area contributed by atoms with E-state index >= 15 is 0 Å². The van der Waals surface area contributed by atoms with Crippen molar-refractivity contribution in [1.29, 1.82) is 0 Å². The number of ether oxygens (including phenoxy) is 1. The molecule has 0 heterocycles. The lowest BCUT2D eigenvalue weighted by Crippen LogP contribution is -2.09. The summed E-state index contributed by atoms with van der Waals surface area (Å²) in [6.07, 6.45) is 0.764. The summed E-state index contributed by atoms with van der Waals surface area (Å²) in [5.74, 6) is -0.242. The maximum Gasteiger partial charge on any atom is 0.306 e. The summed E-state index contributed by atoms with van der Waals surface area (Å²) in [4.78, 5) is 23.2. The van der Waals surface area contributed by atoms with E-state index < -0.39 is 0 Å². The van der Waals surface area contributed by atoms with Gasteiger partial charge in [-0.25, -0.2) is 0 Å². The Morgan fingerprint density at radius 1 is 1.00 bits per heavy atom. The first-order valence-corrected chi connectivity index (χ1v) is 6.84. The predicted molar refractivity (Wildman–Crippen MR) is 78.5 cm³/mol. The maximum absolute atomic E-state index is 12.0. The summed E-state index contributed by atoms with van der Waals surface area (Å²) < 4.78 is 4.82. The van der Waals surface area contributed by atoms with Gasteiger partial charge in [-0.15, -0.1) is 0 Å². The van der Waals surface area contributed by atoms with Gasteiger partial charge in [-0.05, 0) is 23.3 Å². The first kappa shape index (κ1) is 14.3. The van der Waals surface area contributed by atoms with Crippen molar-refractivity contribution in [2.75, 3.05) is 6.61 Å². The summed E-state index contributed by atoms with van der Waals surface area (Å²) >= 11 is 0. The molecule has 0 saturated heterocycles. The number of carbonyl (C=O) groups excluding carboxylic acids is 2. The summed E-state index contributed by atoms with van der Waals surface area (Å²) in [5, 5.41) is 2.22. The zero-order valence-electron chi connectivity index (χ0n) is 11.6. The number of Topliss-reactive ketones (excluding diaryl/α,β-unsaturated/α-hetero) is 1. The molecule has 3 nitrogen and oxygen atoms in total. The van der Waals surface area contributed by atoms with Crippen molar-refractivity contribution in [3.8, 4) is 0 Å². The van der Waals surface area contributed by atoms with Gasteiger partial charge in [0, 0.05) is 12.8 Å². The molecule has 0 aliphatic heterocycles. The van der Waals surface area contributed by atoms with E-state index in [1.807, 2.05) is 42.5 Å². The fourth-order valence-electron chi connectivity index (χ4n) is 2.22. The van der Waals surface area contributed by atoms with Crippen LogP contribution in [-0.2, 0) is 20.7 Å². The van der Waals surface area contributed by atoms with Crippen molar-refractivity contribution >= 4 is 22.5 Å². The smallest absolute Gasteiger partial charge is 0.306 e. The highest BCUT2D eigenvalue weighted by Crippen LogP contribution is 2.19. The number of hydrogen-bond acceptors (Lipinski definition) is 3. The molecule has 0 unspecified atom stereocenters. The van der Waals surface area contributed by atoms with E-state index in [1.165, 1.54) is 0 Å². The third-order valence-electron chi connectivity index (χ3n) is 3.18. The first-order chi connectivity index (χ1) is 9.70. The van der Waals surface area contributed by atoms with Crippen molar-refractivity contribution in [3.63, 3.8) is 0 Å². The zero-order valence-corrected chi connectivity index (χ0v) is 11.6. The van der Waals surface area contributed by atoms with Crippen molar-refractivity contribution < 1.29 is 14.3 Å². The van der Waals surface area contributed by atoms with Gasteiger partial charge in [-0.3, -0.25) is 9.59 Å². The van der Waals surface area contributed by atoms with Crippen LogP contribution in [0.1, 0.15) is 25.3 Å². The van der Waals surface area contributed by atoms with Crippen LogP contribution >= 0.6 is 0 Å². The average molecular weight is 270 g/mol. The lowest BCUT2D eigenvalue weighted by Gasteiger charge is -2.06. The van der Waals surface area contributed by atoms with Crippen molar-refractivity contribution in [2.24, 2.45) is 0 Å². The van der Waals surface area contributed by atoms with Gasteiger partial charge in [-0.2, -0.15) is 0 Å². The molecular weight excluding hydrogens is 252 g/mol. The highest BCUT2D eigenvalue weighted by atomic mass is 16.5. The van der Waals surface area contributed by atoms with Crippen molar-refractivity contribution in [2.45, 2.75) is 26.2 Å². The van der Waals surface area contributed by atoms with Gasteiger partial charge in [0.1, 0.15) is 5.78 Å². The molecule has 2 rings (SSSR count). The van der Waals surface area contributed by atoms with Crippen LogP contribution in [-0.4, -0.2) is 18.4 Å². The number of benzene rings is 2. The molecule has 0 amide bonds. The number of hydrogen-bond donors (Lipinski definition) is 0. The van der Waals surface area contributed by atoms with Crippen LogP contribution in [0.2, 0.25) is 0 Å². The fourth-order valence-corrected chi connectivity index (χ4v) is 2.22. The quantitative estimate of drug-likeness (QED) is 0.756. The van der Waals surface area contributed by atoms with Gasteiger partial charge in [0.2, 0.25) is 0 Å². The number of ketones is 1. The highest BCUT2D eigenvalue weighted by molar-refractivity contribution is 5.91. The molecule has 2 aromatic carbocycles. The van der Waals surface area contributed by atoms with Gasteiger partial charge in [-0.1, -0.05) is 42.5 Å². The Labute approximate surface area is 118 Å². The molecule has 0 spiro atoms. The second-order valence-corrected chi connectivity index (χ2v) is 4.66. The zero-order chi connectivity index (χ0) is 14.4. The topological polar surface area (TPSA) is 43.4 Å². The third-order valence-corrected chi connectivity index (χ3v) is 3.18. The largest absolute Gasteiger partial charge is 0.466 e. The lowest BCUT2D eigenvalue weighted by atomic mass is 9.99. The predicted octanol–water partition coefficient (Wildman–Crippen LogP) is 3.29. The molecule has 0 radical (unpaired) electrons. The van der Waals surface area contributed by atoms with Gasteiger partial charge in [0.15, 0.2) is 0 Å². The van der Waals surface area contributed by atoms with E-state index in [2.05, 4.69) is 0 Å². The number of esters is 1. The molecule has 0 aromatic heterocycles. The Balaban J connectivity index is 2.01. The molecule has 0 aliphatic carbocycles. The lowest BCUT2D eigenvalue weighted by molar-refractivity contribution is -0.144. The normalized spacial score (nSPS) is 10.4. The summed E-state index contributed by atoms with van der Waals surface area (Å²) in [7, 11) is 0. The molecule has 3 heteroatoms. The second-order valence-electron chi connectivity index (χ2n) is 4.66. The van der Waals surface area contributed by atoms with Gasteiger partial charge < -0.3 is 4.74 Å². The molecule has 0 atom stereocenters. The summed E-state index contributed by atoms with van der Waals surface area (Å²) in [6.45, 7) is 2.12. The molecule has 0 fully saturated rings. The third kappa shape index (κ3) is 3.67. The molecule has 104 valence electrons. The van der Waals surface area contributed by atoms with E-state index in [4.69, 9.17) is 4.74 Å². The Bertz CT molecular complexity index is 611. The van der Waals surface area contributed by atoms with Crippen LogP contribution < -0.4 is 0 Å². The highest BCUT2D eigenvalue weighted by Gasteiger charge is 2.10. The van der Waals surface area contributed by atoms with Crippen LogP contribution in [0.25, 0.3) is 10.8 Å². The van der Waals surface area contributed by atoms with Crippen molar-refractivity contribution in [3.05, 3.63) is 48.0 Å². The van der Waals surface area contributed by atoms with E-state index in [9.17, 15) is 9.59 Å².